The van der Waals surface area contributed by atoms with Crippen LogP contribution in [-0.4, -0.2) is 38.9 Å². The monoisotopic (exact) mass is 301 g/mol. The van der Waals surface area contributed by atoms with E-state index in [4.69, 9.17) is 0 Å². The van der Waals surface area contributed by atoms with Crippen LogP contribution in [0.25, 0.3) is 0 Å². The van der Waals surface area contributed by atoms with E-state index < -0.39 is 16.0 Å². The molecule has 2 rings (SSSR count). The van der Waals surface area contributed by atoms with Gasteiger partial charge in [0.1, 0.15) is 5.82 Å². The van der Waals surface area contributed by atoms with Crippen molar-refractivity contribution in [3.8, 4) is 0 Å². The summed E-state index contributed by atoms with van der Waals surface area (Å²) in [6.45, 7) is 1.26. The van der Waals surface area contributed by atoms with Gasteiger partial charge in [0.15, 0.2) is 0 Å². The summed E-state index contributed by atoms with van der Waals surface area (Å²) in [6, 6.07) is 5.87. The molecule has 7 heteroatoms. The molecular formula is C13H20FN3O2S. The zero-order valence-electron chi connectivity index (χ0n) is 11.5. The van der Waals surface area contributed by atoms with Gasteiger partial charge < -0.3 is 5.32 Å². The molecule has 112 valence electrons. The summed E-state index contributed by atoms with van der Waals surface area (Å²) in [5, 5.41) is 3.34. The fourth-order valence-electron chi connectivity index (χ4n) is 1.76. The minimum absolute atomic E-state index is 0.356. The van der Waals surface area contributed by atoms with Gasteiger partial charge in [-0.1, -0.05) is 0 Å². The molecule has 1 saturated carbocycles. The van der Waals surface area contributed by atoms with E-state index in [-0.39, 0.29) is 0 Å². The molecular weight excluding hydrogens is 281 g/mol. The molecule has 0 aromatic heterocycles. The number of nitrogens with zero attached hydrogens (tertiary/aromatic N) is 1. The van der Waals surface area contributed by atoms with Crippen LogP contribution in [0.4, 0.5) is 10.1 Å². The minimum Gasteiger partial charge on any atom is -0.314 e. The Balaban J connectivity index is 1.79. The maximum absolute atomic E-state index is 12.8. The average molecular weight is 301 g/mol. The molecule has 0 bridgehead atoms. The maximum atomic E-state index is 12.8. The standard InChI is InChI=1S/C13H20FN3O2S/c1-17(10-2-9-15-12-7-8-12)20(18,19)16-13-5-3-11(14)4-6-13/h3-6,12,15-16H,2,7-10H2,1H3. The van der Waals surface area contributed by atoms with Crippen molar-refractivity contribution in [1.82, 2.24) is 9.62 Å². The van der Waals surface area contributed by atoms with Crippen molar-refractivity contribution >= 4 is 15.9 Å². The molecule has 20 heavy (non-hydrogen) atoms. The second-order valence-electron chi connectivity index (χ2n) is 5.02. The lowest BCUT2D eigenvalue weighted by Gasteiger charge is -2.18. The Hall–Kier alpha value is -1.18. The Morgan fingerprint density at radius 1 is 1.30 bits per heavy atom. The van der Waals surface area contributed by atoms with Crippen molar-refractivity contribution in [2.45, 2.75) is 25.3 Å². The van der Waals surface area contributed by atoms with Gasteiger partial charge in [0.2, 0.25) is 0 Å². The summed E-state index contributed by atoms with van der Waals surface area (Å²) in [6.07, 6.45) is 3.21. The summed E-state index contributed by atoms with van der Waals surface area (Å²) in [4.78, 5) is 0. The van der Waals surface area contributed by atoms with Crippen molar-refractivity contribution in [3.05, 3.63) is 30.1 Å². The van der Waals surface area contributed by atoms with Gasteiger partial charge in [-0.25, -0.2) is 4.39 Å². The first kappa shape index (κ1) is 15.2. The molecule has 0 atom stereocenters. The van der Waals surface area contributed by atoms with Crippen LogP contribution in [0.2, 0.25) is 0 Å². The molecule has 1 aliphatic carbocycles. The van der Waals surface area contributed by atoms with E-state index in [1.54, 1.807) is 0 Å². The molecule has 1 aromatic rings. The number of rotatable bonds is 8. The summed E-state index contributed by atoms with van der Waals surface area (Å²) >= 11 is 0. The van der Waals surface area contributed by atoms with Crippen LogP contribution in [0.1, 0.15) is 19.3 Å². The molecule has 5 nitrogen and oxygen atoms in total. The molecule has 1 aromatic carbocycles. The van der Waals surface area contributed by atoms with Crippen LogP contribution in [0, 0.1) is 5.82 Å². The number of hydrogen-bond donors (Lipinski definition) is 2. The van der Waals surface area contributed by atoms with Crippen molar-refractivity contribution in [1.29, 1.82) is 0 Å². The molecule has 0 saturated heterocycles. The van der Waals surface area contributed by atoms with Crippen LogP contribution >= 0.6 is 0 Å². The molecule has 2 N–H and O–H groups in total. The number of benzene rings is 1. The second kappa shape index (κ2) is 6.51. The van der Waals surface area contributed by atoms with Gasteiger partial charge in [-0.2, -0.15) is 12.7 Å². The summed E-state index contributed by atoms with van der Waals surface area (Å²) < 4.78 is 40.5. The zero-order chi connectivity index (χ0) is 14.6. The van der Waals surface area contributed by atoms with Gasteiger partial charge in [-0.3, -0.25) is 4.72 Å². The highest BCUT2D eigenvalue weighted by Gasteiger charge is 2.20. The van der Waals surface area contributed by atoms with Gasteiger partial charge in [-0.05, 0) is 50.1 Å². The second-order valence-corrected chi connectivity index (χ2v) is 6.80. The summed E-state index contributed by atoms with van der Waals surface area (Å²) in [7, 11) is -2.05. The predicted octanol–water partition coefficient (Wildman–Crippen LogP) is 1.56. The van der Waals surface area contributed by atoms with Gasteiger partial charge in [-0.15, -0.1) is 0 Å². The van der Waals surface area contributed by atoms with E-state index in [1.807, 2.05) is 0 Å². The quantitative estimate of drug-likeness (QED) is 0.716. The molecule has 0 aliphatic heterocycles. The van der Waals surface area contributed by atoms with Gasteiger partial charge in [0.25, 0.3) is 0 Å². The highest BCUT2D eigenvalue weighted by atomic mass is 32.2. The lowest BCUT2D eigenvalue weighted by atomic mass is 10.3. The summed E-state index contributed by atoms with van der Waals surface area (Å²) in [5.74, 6) is -0.396. The first-order valence-electron chi connectivity index (χ1n) is 6.70. The van der Waals surface area contributed by atoms with Crippen molar-refractivity contribution < 1.29 is 12.8 Å². The molecule has 0 radical (unpaired) electrons. The van der Waals surface area contributed by atoms with Crippen LogP contribution < -0.4 is 10.0 Å². The Morgan fingerprint density at radius 2 is 1.95 bits per heavy atom. The smallest absolute Gasteiger partial charge is 0.301 e. The van der Waals surface area contributed by atoms with Crippen molar-refractivity contribution in [2.75, 3.05) is 24.9 Å². The van der Waals surface area contributed by atoms with Gasteiger partial charge >= 0.3 is 10.2 Å². The van der Waals surface area contributed by atoms with E-state index in [9.17, 15) is 12.8 Å². The highest BCUT2D eigenvalue weighted by Crippen LogP contribution is 2.18. The molecule has 0 amide bonds. The Labute approximate surface area is 119 Å². The van der Waals surface area contributed by atoms with E-state index in [1.165, 1.54) is 48.5 Å². The fraction of sp³-hybridized carbons (Fsp3) is 0.538. The summed E-state index contributed by atoms with van der Waals surface area (Å²) in [5.41, 5.74) is 0.356. The highest BCUT2D eigenvalue weighted by molar-refractivity contribution is 7.90. The zero-order valence-corrected chi connectivity index (χ0v) is 12.3. The van der Waals surface area contributed by atoms with Crippen LogP contribution in [0.15, 0.2) is 24.3 Å². The van der Waals surface area contributed by atoms with E-state index in [0.29, 0.717) is 18.3 Å². The van der Waals surface area contributed by atoms with E-state index >= 15 is 0 Å². The first-order valence-corrected chi connectivity index (χ1v) is 8.14. The largest absolute Gasteiger partial charge is 0.314 e. The number of anilines is 1. The average Bonchev–Trinajstić information content (AvgIpc) is 3.21. The third kappa shape index (κ3) is 4.73. The Morgan fingerprint density at radius 3 is 2.55 bits per heavy atom. The van der Waals surface area contributed by atoms with Crippen molar-refractivity contribution in [3.63, 3.8) is 0 Å². The van der Waals surface area contributed by atoms with E-state index in [2.05, 4.69) is 10.0 Å². The maximum Gasteiger partial charge on any atom is 0.301 e. The van der Waals surface area contributed by atoms with Gasteiger partial charge in [0.05, 0.1) is 0 Å². The lowest BCUT2D eigenvalue weighted by molar-refractivity contribution is 0.458. The lowest BCUT2D eigenvalue weighted by Crippen LogP contribution is -2.34. The fourth-order valence-corrected chi connectivity index (χ4v) is 2.72. The van der Waals surface area contributed by atoms with Crippen LogP contribution in [0.5, 0.6) is 0 Å². The number of nitrogens with one attached hydrogen (secondary N) is 2. The predicted molar refractivity (Wildman–Crippen MR) is 77.2 cm³/mol. The Kier molecular flexibility index (Phi) is 4.95. The SMILES string of the molecule is CN(CCCNC1CC1)S(=O)(=O)Nc1ccc(F)cc1. The normalized spacial score (nSPS) is 15.6. The molecule has 0 unspecified atom stereocenters. The topological polar surface area (TPSA) is 61.4 Å². The Bertz CT molecular complexity index is 529. The first-order chi connectivity index (χ1) is 9.47. The number of hydrogen-bond acceptors (Lipinski definition) is 3. The molecule has 0 heterocycles. The number of halogens is 1. The van der Waals surface area contributed by atoms with Crippen LogP contribution in [-0.2, 0) is 10.2 Å². The third-order valence-corrected chi connectivity index (χ3v) is 4.66. The molecule has 0 spiro atoms. The van der Waals surface area contributed by atoms with E-state index in [0.717, 1.165) is 13.0 Å². The van der Waals surface area contributed by atoms with Crippen LogP contribution in [0.3, 0.4) is 0 Å². The third-order valence-electron chi connectivity index (χ3n) is 3.16. The van der Waals surface area contributed by atoms with Gasteiger partial charge in [0, 0.05) is 25.3 Å². The minimum atomic E-state index is -3.58. The molecule has 1 aliphatic rings. The molecule has 1 fully saturated rings. The van der Waals surface area contributed by atoms with Crippen molar-refractivity contribution in [2.24, 2.45) is 0 Å².